The fraction of sp³-hybridized carbons (Fsp3) is 0.538. The topological polar surface area (TPSA) is 21.3 Å². The third kappa shape index (κ3) is 2.89. The maximum Gasteiger partial charge on any atom is 0.420 e. The quantitative estimate of drug-likeness (QED) is 0.884. The van der Waals surface area contributed by atoms with E-state index in [9.17, 15) is 13.2 Å². The Hall–Kier alpha value is -1.39. The first-order valence-corrected chi connectivity index (χ1v) is 6.00. The molecule has 0 aliphatic heterocycles. The Balaban J connectivity index is 2.11. The van der Waals surface area contributed by atoms with Crippen molar-refractivity contribution in [3.8, 4) is 5.75 Å². The summed E-state index contributed by atoms with van der Waals surface area (Å²) in [5.41, 5.74) is -0.237. The number of halogens is 3. The summed E-state index contributed by atoms with van der Waals surface area (Å²) in [5.74, 6) is 0.457. The van der Waals surface area contributed by atoms with Crippen molar-refractivity contribution < 1.29 is 17.9 Å². The van der Waals surface area contributed by atoms with Gasteiger partial charge in [0.15, 0.2) is 0 Å². The van der Waals surface area contributed by atoms with E-state index in [1.54, 1.807) is 6.07 Å². The lowest BCUT2D eigenvalue weighted by Gasteiger charge is -2.26. The van der Waals surface area contributed by atoms with Crippen LogP contribution in [0.25, 0.3) is 0 Å². The van der Waals surface area contributed by atoms with E-state index in [1.165, 1.54) is 19.6 Å². The molecule has 0 unspecified atom stereocenters. The van der Waals surface area contributed by atoms with Crippen LogP contribution in [0.3, 0.4) is 0 Å². The van der Waals surface area contributed by atoms with Crippen molar-refractivity contribution in [1.29, 1.82) is 0 Å². The van der Waals surface area contributed by atoms with E-state index >= 15 is 0 Å². The molecule has 0 aromatic heterocycles. The molecule has 100 valence electrons. The minimum atomic E-state index is -4.39. The Labute approximate surface area is 104 Å². The molecule has 0 amide bonds. The molecule has 1 aliphatic rings. The summed E-state index contributed by atoms with van der Waals surface area (Å²) in [6.07, 6.45) is -0.840. The minimum Gasteiger partial charge on any atom is -0.496 e. The molecule has 1 fully saturated rings. The number of rotatable bonds is 4. The lowest BCUT2D eigenvalue weighted by Crippen LogP contribution is -2.21. The van der Waals surface area contributed by atoms with E-state index in [2.05, 4.69) is 5.32 Å². The predicted molar refractivity (Wildman–Crippen MR) is 63.8 cm³/mol. The predicted octanol–water partition coefficient (Wildman–Crippen LogP) is 3.93. The first-order valence-electron chi connectivity index (χ1n) is 6.00. The summed E-state index contributed by atoms with van der Waals surface area (Å²) < 4.78 is 43.1. The van der Waals surface area contributed by atoms with Crippen molar-refractivity contribution in [2.45, 2.75) is 25.4 Å². The highest BCUT2D eigenvalue weighted by atomic mass is 19.4. The molecule has 0 bridgehead atoms. The molecule has 2 nitrogen and oxygen atoms in total. The molecular weight excluding hydrogens is 243 g/mol. The Morgan fingerprint density at radius 3 is 2.56 bits per heavy atom. The summed E-state index contributed by atoms with van der Waals surface area (Å²) >= 11 is 0. The fourth-order valence-electron chi connectivity index (χ4n) is 2.00. The summed E-state index contributed by atoms with van der Waals surface area (Å²) in [6, 6.07) is 4.08. The van der Waals surface area contributed by atoms with Crippen LogP contribution in [0.4, 0.5) is 18.9 Å². The van der Waals surface area contributed by atoms with Crippen molar-refractivity contribution >= 4 is 5.69 Å². The summed E-state index contributed by atoms with van der Waals surface area (Å²) in [5, 5.41) is 3.05. The Morgan fingerprint density at radius 2 is 2.06 bits per heavy atom. The third-order valence-electron chi connectivity index (χ3n) is 3.32. The fourth-order valence-corrected chi connectivity index (χ4v) is 2.00. The Kier molecular flexibility index (Phi) is 3.68. The van der Waals surface area contributed by atoms with Gasteiger partial charge in [-0.15, -0.1) is 0 Å². The molecule has 0 saturated heterocycles. The van der Waals surface area contributed by atoms with Crippen molar-refractivity contribution in [1.82, 2.24) is 0 Å². The molecule has 1 aromatic rings. The van der Waals surface area contributed by atoms with Gasteiger partial charge in [-0.05, 0) is 37.0 Å². The van der Waals surface area contributed by atoms with Gasteiger partial charge in [0.25, 0.3) is 0 Å². The van der Waals surface area contributed by atoms with Crippen molar-refractivity contribution in [3.05, 3.63) is 23.8 Å². The standard InChI is InChI=1S/C13H16F3NO/c1-18-12-6-5-10(7-11(12)13(14,15)16)17-8-9-3-2-4-9/h5-7,9,17H,2-4,8H2,1H3. The van der Waals surface area contributed by atoms with Crippen LogP contribution in [-0.4, -0.2) is 13.7 Å². The first kappa shape index (κ1) is 13.1. The Morgan fingerprint density at radius 1 is 1.33 bits per heavy atom. The SMILES string of the molecule is COc1ccc(NCC2CCC2)cc1C(F)(F)F. The second-order valence-corrected chi connectivity index (χ2v) is 4.59. The normalized spacial score (nSPS) is 16.2. The van der Waals surface area contributed by atoms with E-state index in [1.807, 2.05) is 0 Å². The van der Waals surface area contributed by atoms with Crippen LogP contribution >= 0.6 is 0 Å². The number of benzene rings is 1. The number of anilines is 1. The van der Waals surface area contributed by atoms with E-state index in [4.69, 9.17) is 4.74 Å². The number of methoxy groups -OCH3 is 1. The van der Waals surface area contributed by atoms with Crippen molar-refractivity contribution in [2.75, 3.05) is 19.0 Å². The van der Waals surface area contributed by atoms with Gasteiger partial charge < -0.3 is 10.1 Å². The van der Waals surface area contributed by atoms with Crippen LogP contribution in [0, 0.1) is 5.92 Å². The van der Waals surface area contributed by atoms with Gasteiger partial charge in [-0.2, -0.15) is 13.2 Å². The number of alkyl halides is 3. The average Bonchev–Trinajstić information content (AvgIpc) is 2.25. The number of ether oxygens (including phenoxy) is 1. The second kappa shape index (κ2) is 5.08. The zero-order chi connectivity index (χ0) is 13.2. The molecule has 18 heavy (non-hydrogen) atoms. The molecule has 0 spiro atoms. The monoisotopic (exact) mass is 259 g/mol. The molecule has 5 heteroatoms. The molecule has 0 radical (unpaired) electrons. The lowest BCUT2D eigenvalue weighted by molar-refractivity contribution is -0.138. The number of hydrogen-bond donors (Lipinski definition) is 1. The van der Waals surface area contributed by atoms with Gasteiger partial charge >= 0.3 is 6.18 Å². The zero-order valence-electron chi connectivity index (χ0n) is 10.2. The number of hydrogen-bond acceptors (Lipinski definition) is 2. The van der Waals surface area contributed by atoms with Crippen LogP contribution in [-0.2, 0) is 6.18 Å². The smallest absolute Gasteiger partial charge is 0.420 e. The highest BCUT2D eigenvalue weighted by Gasteiger charge is 2.34. The maximum atomic E-state index is 12.8. The zero-order valence-corrected chi connectivity index (χ0v) is 10.2. The van der Waals surface area contributed by atoms with Gasteiger partial charge in [-0.1, -0.05) is 6.42 Å². The largest absolute Gasteiger partial charge is 0.496 e. The molecule has 1 aromatic carbocycles. The van der Waals surface area contributed by atoms with E-state index in [0.717, 1.165) is 25.5 Å². The van der Waals surface area contributed by atoms with Gasteiger partial charge in [0.1, 0.15) is 5.75 Å². The van der Waals surface area contributed by atoms with Crippen LogP contribution in [0.1, 0.15) is 24.8 Å². The van der Waals surface area contributed by atoms with Gasteiger partial charge in [0.05, 0.1) is 12.7 Å². The highest BCUT2D eigenvalue weighted by Crippen LogP contribution is 2.38. The molecule has 0 heterocycles. The van der Waals surface area contributed by atoms with Gasteiger partial charge in [0.2, 0.25) is 0 Å². The van der Waals surface area contributed by atoms with Gasteiger partial charge in [-0.25, -0.2) is 0 Å². The first-order chi connectivity index (χ1) is 8.50. The average molecular weight is 259 g/mol. The van der Waals surface area contributed by atoms with E-state index in [-0.39, 0.29) is 5.75 Å². The molecule has 2 rings (SSSR count). The molecular formula is C13H16F3NO. The van der Waals surface area contributed by atoms with Crippen molar-refractivity contribution in [2.24, 2.45) is 5.92 Å². The van der Waals surface area contributed by atoms with Crippen LogP contribution in [0.5, 0.6) is 5.75 Å². The molecule has 0 atom stereocenters. The van der Waals surface area contributed by atoms with E-state index in [0.29, 0.717) is 11.6 Å². The summed E-state index contributed by atoms with van der Waals surface area (Å²) in [7, 11) is 1.24. The summed E-state index contributed by atoms with van der Waals surface area (Å²) in [4.78, 5) is 0. The van der Waals surface area contributed by atoms with Crippen LogP contribution in [0.2, 0.25) is 0 Å². The highest BCUT2D eigenvalue weighted by molar-refractivity contribution is 5.52. The van der Waals surface area contributed by atoms with Gasteiger partial charge in [0, 0.05) is 12.2 Å². The molecule has 1 saturated carbocycles. The third-order valence-corrected chi connectivity index (χ3v) is 3.32. The van der Waals surface area contributed by atoms with Gasteiger partial charge in [-0.3, -0.25) is 0 Å². The number of nitrogens with one attached hydrogen (secondary N) is 1. The van der Waals surface area contributed by atoms with Crippen LogP contribution < -0.4 is 10.1 Å². The lowest BCUT2D eigenvalue weighted by atomic mass is 9.85. The molecule has 1 aliphatic carbocycles. The van der Waals surface area contributed by atoms with Crippen LogP contribution in [0.15, 0.2) is 18.2 Å². The summed E-state index contributed by atoms with van der Waals surface area (Å²) in [6.45, 7) is 0.740. The van der Waals surface area contributed by atoms with Crippen molar-refractivity contribution in [3.63, 3.8) is 0 Å². The maximum absolute atomic E-state index is 12.8. The molecule has 1 N–H and O–H groups in total. The second-order valence-electron chi connectivity index (χ2n) is 4.59. The Bertz CT molecular complexity index is 413. The van der Waals surface area contributed by atoms with E-state index < -0.39 is 11.7 Å². The minimum absolute atomic E-state index is 0.142.